The van der Waals surface area contributed by atoms with E-state index in [1.54, 1.807) is 0 Å². The van der Waals surface area contributed by atoms with Crippen LogP contribution in [0.25, 0.3) is 0 Å². The summed E-state index contributed by atoms with van der Waals surface area (Å²) in [6.07, 6.45) is 0.279. The van der Waals surface area contributed by atoms with E-state index in [-0.39, 0.29) is 37.9 Å². The molecule has 30 heavy (non-hydrogen) atoms. The van der Waals surface area contributed by atoms with Gasteiger partial charge in [0, 0.05) is 0 Å². The lowest BCUT2D eigenvalue weighted by Crippen LogP contribution is -2.41. The summed E-state index contributed by atoms with van der Waals surface area (Å²) in [6, 6.07) is 18.1. The van der Waals surface area contributed by atoms with Crippen molar-refractivity contribution in [1.82, 2.24) is 0 Å². The molecule has 3 rings (SSSR count). The van der Waals surface area contributed by atoms with Gasteiger partial charge >= 0.3 is 13.1 Å². The highest BCUT2D eigenvalue weighted by Crippen LogP contribution is 2.44. The van der Waals surface area contributed by atoms with Gasteiger partial charge in [0.1, 0.15) is 6.61 Å². The molecular weight excluding hydrogens is 375 g/mol. The highest BCUT2D eigenvalue weighted by molar-refractivity contribution is 6.47. The zero-order chi connectivity index (χ0) is 21.9. The van der Waals surface area contributed by atoms with Crippen LogP contribution in [-0.2, 0) is 25.4 Å². The molecule has 1 aliphatic rings. The monoisotopic (exact) mass is 408 g/mol. The first-order chi connectivity index (χ1) is 14.1. The Balaban J connectivity index is 1.75. The Morgan fingerprint density at radius 3 is 2.10 bits per heavy atom. The van der Waals surface area contributed by atoms with Crippen LogP contribution in [0.3, 0.4) is 0 Å². The molecule has 2 aromatic rings. The smallest absolute Gasteiger partial charge is 0.461 e. The van der Waals surface area contributed by atoms with E-state index in [9.17, 15) is 4.79 Å². The summed E-state index contributed by atoms with van der Waals surface area (Å²) in [6.45, 7) is 12.6. The number of carbonyl (C=O) groups excluding carboxylic acids is 1. The lowest BCUT2D eigenvalue weighted by molar-refractivity contribution is -0.145. The standard InChI is InChI=1S/C25H33BO4/c1-18-12-14-21(15-13-18)22(16-23(27)28-17-20-10-8-7-9-11-20)19(2)26-29-24(3,4)25(5,6)30-26/h7-15,19,22H,16-17H2,1-6H3/t19-,22+/m0/s1. The van der Waals surface area contributed by atoms with Crippen LogP contribution < -0.4 is 0 Å². The minimum atomic E-state index is -0.405. The molecule has 0 saturated carbocycles. The van der Waals surface area contributed by atoms with Crippen molar-refractivity contribution < 1.29 is 18.8 Å². The summed E-state index contributed by atoms with van der Waals surface area (Å²) < 4.78 is 18.2. The third-order valence-electron chi connectivity index (χ3n) is 6.47. The van der Waals surface area contributed by atoms with Gasteiger partial charge in [-0.2, -0.15) is 0 Å². The third kappa shape index (κ3) is 5.14. The fourth-order valence-electron chi connectivity index (χ4n) is 3.69. The Kier molecular flexibility index (Phi) is 6.73. The van der Waals surface area contributed by atoms with Crippen molar-refractivity contribution in [3.63, 3.8) is 0 Å². The number of ether oxygens (including phenoxy) is 1. The van der Waals surface area contributed by atoms with Gasteiger partial charge < -0.3 is 14.0 Å². The molecule has 0 bridgehead atoms. The molecule has 0 aliphatic carbocycles. The Morgan fingerprint density at radius 1 is 0.967 bits per heavy atom. The minimum Gasteiger partial charge on any atom is -0.461 e. The first-order valence-corrected chi connectivity index (χ1v) is 10.7. The average Bonchev–Trinajstić information content (AvgIpc) is 2.93. The second kappa shape index (κ2) is 8.95. The van der Waals surface area contributed by atoms with E-state index in [0.717, 1.165) is 11.1 Å². The Morgan fingerprint density at radius 2 is 1.53 bits per heavy atom. The number of hydrogen-bond donors (Lipinski definition) is 0. The van der Waals surface area contributed by atoms with E-state index in [4.69, 9.17) is 14.0 Å². The van der Waals surface area contributed by atoms with Crippen molar-refractivity contribution in [2.45, 2.75) is 77.5 Å². The summed E-state index contributed by atoms with van der Waals surface area (Å²) in [5.41, 5.74) is 2.46. The Bertz CT molecular complexity index is 829. The maximum Gasteiger partial charge on any atom is 0.461 e. The van der Waals surface area contributed by atoms with E-state index in [1.165, 1.54) is 5.56 Å². The zero-order valence-corrected chi connectivity index (χ0v) is 19.0. The molecule has 0 aromatic heterocycles. The minimum absolute atomic E-state index is 0.0157. The van der Waals surface area contributed by atoms with Crippen LogP contribution in [0.2, 0.25) is 5.82 Å². The summed E-state index contributed by atoms with van der Waals surface area (Å²) in [5.74, 6) is -0.297. The van der Waals surface area contributed by atoms with Crippen LogP contribution >= 0.6 is 0 Å². The fraction of sp³-hybridized carbons (Fsp3) is 0.480. The van der Waals surface area contributed by atoms with Crippen molar-refractivity contribution in [2.75, 3.05) is 0 Å². The average molecular weight is 408 g/mol. The van der Waals surface area contributed by atoms with E-state index >= 15 is 0 Å². The van der Waals surface area contributed by atoms with Gasteiger partial charge in [-0.25, -0.2) is 0 Å². The molecule has 1 fully saturated rings. The van der Waals surface area contributed by atoms with Gasteiger partial charge in [0.2, 0.25) is 0 Å². The molecule has 2 atom stereocenters. The van der Waals surface area contributed by atoms with Gasteiger partial charge in [-0.05, 0) is 57.5 Å². The molecule has 0 amide bonds. The largest absolute Gasteiger partial charge is 0.461 e. The number of aryl methyl sites for hydroxylation is 1. The molecule has 2 aromatic carbocycles. The van der Waals surface area contributed by atoms with Crippen molar-refractivity contribution in [1.29, 1.82) is 0 Å². The van der Waals surface area contributed by atoms with E-state index < -0.39 is 11.2 Å². The molecule has 160 valence electrons. The van der Waals surface area contributed by atoms with Gasteiger partial charge in [0.25, 0.3) is 0 Å². The SMILES string of the molecule is Cc1ccc([C@H](CC(=O)OCc2ccccc2)[C@H](C)B2OC(C)(C)C(C)(C)O2)cc1. The predicted molar refractivity (Wildman–Crippen MR) is 120 cm³/mol. The lowest BCUT2D eigenvalue weighted by Gasteiger charge is -2.32. The van der Waals surface area contributed by atoms with Crippen LogP contribution in [0.15, 0.2) is 54.6 Å². The quantitative estimate of drug-likeness (QED) is 0.436. The summed E-state index contributed by atoms with van der Waals surface area (Å²) in [5, 5.41) is 0. The van der Waals surface area contributed by atoms with E-state index in [1.807, 2.05) is 30.3 Å². The maximum absolute atomic E-state index is 12.7. The van der Waals surface area contributed by atoms with E-state index in [0.29, 0.717) is 0 Å². The second-order valence-corrected chi connectivity index (χ2v) is 9.35. The molecule has 0 spiro atoms. The molecule has 0 N–H and O–H groups in total. The summed E-state index contributed by atoms with van der Waals surface area (Å²) >= 11 is 0. The number of hydrogen-bond acceptors (Lipinski definition) is 4. The first kappa shape index (κ1) is 22.6. The Labute approximate surface area is 181 Å². The molecule has 1 aliphatic heterocycles. The highest BCUT2D eigenvalue weighted by atomic mass is 16.7. The second-order valence-electron chi connectivity index (χ2n) is 9.35. The number of rotatable bonds is 7. The number of carbonyl (C=O) groups is 1. The lowest BCUT2D eigenvalue weighted by atomic mass is 9.63. The molecule has 0 unspecified atom stereocenters. The van der Waals surface area contributed by atoms with Crippen molar-refractivity contribution in [3.05, 3.63) is 71.3 Å². The molecule has 4 nitrogen and oxygen atoms in total. The van der Waals surface area contributed by atoms with Crippen LogP contribution in [0.4, 0.5) is 0 Å². The molecular formula is C25H33BO4. The van der Waals surface area contributed by atoms with Gasteiger partial charge in [-0.3, -0.25) is 4.79 Å². The van der Waals surface area contributed by atoms with Crippen LogP contribution in [0, 0.1) is 6.92 Å². The van der Waals surface area contributed by atoms with Crippen LogP contribution in [0.1, 0.15) is 63.6 Å². The van der Waals surface area contributed by atoms with Gasteiger partial charge in [-0.1, -0.05) is 67.1 Å². The van der Waals surface area contributed by atoms with Crippen molar-refractivity contribution in [3.8, 4) is 0 Å². The van der Waals surface area contributed by atoms with Gasteiger partial charge in [0.15, 0.2) is 0 Å². The first-order valence-electron chi connectivity index (χ1n) is 10.7. The van der Waals surface area contributed by atoms with E-state index in [2.05, 4.69) is 65.8 Å². The molecule has 0 radical (unpaired) electrons. The third-order valence-corrected chi connectivity index (χ3v) is 6.47. The van der Waals surface area contributed by atoms with Crippen LogP contribution in [-0.4, -0.2) is 24.3 Å². The van der Waals surface area contributed by atoms with Gasteiger partial charge in [0.05, 0.1) is 17.6 Å². The highest BCUT2D eigenvalue weighted by Gasteiger charge is 2.54. The maximum atomic E-state index is 12.7. The summed E-state index contributed by atoms with van der Waals surface area (Å²) in [4.78, 5) is 12.7. The zero-order valence-electron chi connectivity index (χ0n) is 19.0. The molecule has 1 heterocycles. The predicted octanol–water partition coefficient (Wildman–Crippen LogP) is 5.69. The summed E-state index contributed by atoms with van der Waals surface area (Å²) in [7, 11) is -0.386. The van der Waals surface area contributed by atoms with Crippen molar-refractivity contribution >= 4 is 13.1 Å². The molecule has 1 saturated heterocycles. The van der Waals surface area contributed by atoms with Crippen LogP contribution in [0.5, 0.6) is 0 Å². The Hall–Kier alpha value is -2.11. The normalized spacial score (nSPS) is 19.3. The number of benzene rings is 2. The van der Waals surface area contributed by atoms with Crippen molar-refractivity contribution in [2.24, 2.45) is 0 Å². The topological polar surface area (TPSA) is 44.8 Å². The number of esters is 1. The molecule has 5 heteroatoms. The van der Waals surface area contributed by atoms with Gasteiger partial charge in [-0.15, -0.1) is 0 Å². The fourth-order valence-corrected chi connectivity index (χ4v) is 3.69.